The van der Waals surface area contributed by atoms with Gasteiger partial charge in [-0.2, -0.15) is 0 Å². The van der Waals surface area contributed by atoms with Crippen molar-refractivity contribution in [3.8, 4) is 0 Å². The molecule has 1 aromatic rings. The molecule has 3 heterocycles. The van der Waals surface area contributed by atoms with Gasteiger partial charge in [-0.25, -0.2) is 5.43 Å². The van der Waals surface area contributed by atoms with E-state index in [0.29, 0.717) is 18.1 Å². The van der Waals surface area contributed by atoms with Crippen molar-refractivity contribution in [3.05, 3.63) is 35.9 Å². The standard InChI is InChI=1S/C20H31N3O2/c1-23(18-7-10-25-20(14-18)8-11-24-12-9-20)15-17-13-19(22-21-17)16-5-3-2-4-6-16/h2-6,17-19,21-22H,7-15H2,1H3. The maximum atomic E-state index is 6.20. The number of hydrogen-bond donors (Lipinski definition) is 2. The molecule has 3 saturated heterocycles. The smallest absolute Gasteiger partial charge is 0.0741 e. The first-order valence-corrected chi connectivity index (χ1v) is 9.72. The average molecular weight is 345 g/mol. The van der Waals surface area contributed by atoms with Crippen LogP contribution in [0.25, 0.3) is 0 Å². The van der Waals surface area contributed by atoms with Crippen molar-refractivity contribution in [3.63, 3.8) is 0 Å². The Hall–Kier alpha value is -0.980. The van der Waals surface area contributed by atoms with E-state index in [1.807, 2.05) is 0 Å². The zero-order chi connectivity index (χ0) is 17.1. The van der Waals surface area contributed by atoms with E-state index in [0.717, 1.165) is 58.5 Å². The van der Waals surface area contributed by atoms with Crippen LogP contribution in [0.4, 0.5) is 0 Å². The van der Waals surface area contributed by atoms with E-state index < -0.39 is 0 Å². The fourth-order valence-corrected chi connectivity index (χ4v) is 4.61. The summed E-state index contributed by atoms with van der Waals surface area (Å²) >= 11 is 0. The quantitative estimate of drug-likeness (QED) is 0.876. The second kappa shape index (κ2) is 7.72. The summed E-state index contributed by atoms with van der Waals surface area (Å²) in [5, 5.41) is 0. The van der Waals surface area contributed by atoms with Gasteiger partial charge in [-0.15, -0.1) is 0 Å². The highest BCUT2D eigenvalue weighted by Crippen LogP contribution is 2.36. The lowest BCUT2D eigenvalue weighted by molar-refractivity contribution is -0.150. The molecule has 3 aliphatic rings. The first-order chi connectivity index (χ1) is 12.2. The molecule has 0 amide bonds. The molecule has 2 N–H and O–H groups in total. The van der Waals surface area contributed by atoms with Gasteiger partial charge in [0.05, 0.1) is 5.60 Å². The van der Waals surface area contributed by atoms with Gasteiger partial charge in [-0.3, -0.25) is 5.43 Å². The van der Waals surface area contributed by atoms with E-state index >= 15 is 0 Å². The third-order valence-electron chi connectivity index (χ3n) is 6.19. The van der Waals surface area contributed by atoms with Crippen LogP contribution in [0.3, 0.4) is 0 Å². The number of likely N-dealkylation sites (N-methyl/N-ethyl adjacent to an activating group) is 1. The van der Waals surface area contributed by atoms with Gasteiger partial charge in [-0.1, -0.05) is 30.3 Å². The summed E-state index contributed by atoms with van der Waals surface area (Å²) in [5.74, 6) is 0. The van der Waals surface area contributed by atoms with Gasteiger partial charge in [-0.05, 0) is 44.7 Å². The Kier molecular flexibility index (Phi) is 5.39. The largest absolute Gasteiger partial charge is 0.381 e. The van der Waals surface area contributed by atoms with Crippen LogP contribution in [0.2, 0.25) is 0 Å². The van der Waals surface area contributed by atoms with E-state index in [4.69, 9.17) is 9.47 Å². The monoisotopic (exact) mass is 345 g/mol. The van der Waals surface area contributed by atoms with Crippen LogP contribution in [0.1, 0.15) is 43.7 Å². The Bertz CT molecular complexity index is 542. The predicted molar refractivity (Wildman–Crippen MR) is 98.2 cm³/mol. The minimum Gasteiger partial charge on any atom is -0.381 e. The van der Waals surface area contributed by atoms with Crippen molar-refractivity contribution < 1.29 is 9.47 Å². The number of hydrazine groups is 1. The molecule has 0 aromatic heterocycles. The van der Waals surface area contributed by atoms with Gasteiger partial charge in [0, 0.05) is 44.5 Å². The highest BCUT2D eigenvalue weighted by molar-refractivity contribution is 5.20. The van der Waals surface area contributed by atoms with Gasteiger partial charge in [0.1, 0.15) is 0 Å². The molecule has 3 unspecified atom stereocenters. The maximum absolute atomic E-state index is 6.20. The van der Waals surface area contributed by atoms with Crippen LogP contribution in [0, 0.1) is 0 Å². The number of ether oxygens (including phenoxy) is 2. The van der Waals surface area contributed by atoms with Crippen molar-refractivity contribution in [1.82, 2.24) is 15.8 Å². The molecule has 1 aromatic carbocycles. The lowest BCUT2D eigenvalue weighted by Crippen LogP contribution is -2.52. The first-order valence-electron chi connectivity index (χ1n) is 9.72. The number of hydrogen-bond acceptors (Lipinski definition) is 5. The van der Waals surface area contributed by atoms with Crippen molar-refractivity contribution in [2.75, 3.05) is 33.4 Å². The first kappa shape index (κ1) is 17.4. The lowest BCUT2D eigenvalue weighted by Gasteiger charge is -2.46. The van der Waals surface area contributed by atoms with E-state index in [9.17, 15) is 0 Å². The van der Waals surface area contributed by atoms with E-state index in [-0.39, 0.29) is 5.60 Å². The molecule has 5 heteroatoms. The van der Waals surface area contributed by atoms with Crippen LogP contribution in [-0.4, -0.2) is 56.0 Å². The molecule has 5 nitrogen and oxygen atoms in total. The van der Waals surface area contributed by atoms with Crippen LogP contribution >= 0.6 is 0 Å². The second-order valence-corrected chi connectivity index (χ2v) is 7.91. The summed E-state index contributed by atoms with van der Waals surface area (Å²) < 4.78 is 11.7. The summed E-state index contributed by atoms with van der Waals surface area (Å²) in [5.41, 5.74) is 8.41. The Labute approximate surface area is 151 Å². The van der Waals surface area contributed by atoms with Gasteiger partial charge < -0.3 is 14.4 Å². The molecular weight excluding hydrogens is 314 g/mol. The lowest BCUT2D eigenvalue weighted by atomic mass is 9.83. The topological polar surface area (TPSA) is 45.8 Å². The maximum Gasteiger partial charge on any atom is 0.0741 e. The van der Waals surface area contributed by atoms with Gasteiger partial charge >= 0.3 is 0 Å². The van der Waals surface area contributed by atoms with Crippen LogP contribution < -0.4 is 10.9 Å². The van der Waals surface area contributed by atoms with E-state index in [2.05, 4.69) is 53.1 Å². The molecule has 0 saturated carbocycles. The average Bonchev–Trinajstić information content (AvgIpc) is 3.12. The number of rotatable bonds is 4. The van der Waals surface area contributed by atoms with Crippen LogP contribution in [0.5, 0.6) is 0 Å². The fourth-order valence-electron chi connectivity index (χ4n) is 4.61. The SMILES string of the molecule is CN(CC1CC(c2ccccc2)NN1)C1CCOC2(CCOCC2)C1. The Morgan fingerprint density at radius 3 is 2.72 bits per heavy atom. The molecule has 0 bridgehead atoms. The summed E-state index contributed by atoms with van der Waals surface area (Å²) in [6.45, 7) is 3.66. The molecular formula is C20H31N3O2. The molecule has 3 fully saturated rings. The number of nitrogens with one attached hydrogen (secondary N) is 2. The summed E-state index contributed by atoms with van der Waals surface area (Å²) in [6.07, 6.45) is 5.53. The van der Waals surface area contributed by atoms with Crippen molar-refractivity contribution in [2.24, 2.45) is 0 Å². The number of nitrogens with zero attached hydrogens (tertiary/aromatic N) is 1. The van der Waals surface area contributed by atoms with Gasteiger partial charge in [0.25, 0.3) is 0 Å². The highest BCUT2D eigenvalue weighted by Gasteiger charge is 2.40. The third kappa shape index (κ3) is 4.07. The van der Waals surface area contributed by atoms with Crippen molar-refractivity contribution in [2.45, 2.75) is 55.8 Å². The van der Waals surface area contributed by atoms with Crippen molar-refractivity contribution >= 4 is 0 Å². The third-order valence-corrected chi connectivity index (χ3v) is 6.19. The van der Waals surface area contributed by atoms with Gasteiger partial charge in [0.2, 0.25) is 0 Å². The zero-order valence-corrected chi connectivity index (χ0v) is 15.2. The number of benzene rings is 1. The zero-order valence-electron chi connectivity index (χ0n) is 15.2. The molecule has 1 spiro atoms. The molecule has 0 radical (unpaired) electrons. The fraction of sp³-hybridized carbons (Fsp3) is 0.700. The minimum absolute atomic E-state index is 0.0728. The second-order valence-electron chi connectivity index (χ2n) is 7.91. The normalized spacial score (nSPS) is 32.3. The Morgan fingerprint density at radius 1 is 1.12 bits per heavy atom. The van der Waals surface area contributed by atoms with Crippen LogP contribution in [0.15, 0.2) is 30.3 Å². The molecule has 4 rings (SSSR count). The highest BCUT2D eigenvalue weighted by atomic mass is 16.5. The summed E-state index contributed by atoms with van der Waals surface area (Å²) in [4.78, 5) is 2.55. The predicted octanol–water partition coefficient (Wildman–Crippen LogP) is 2.25. The molecule has 3 atom stereocenters. The summed E-state index contributed by atoms with van der Waals surface area (Å²) in [6, 6.07) is 12.2. The van der Waals surface area contributed by atoms with Crippen LogP contribution in [-0.2, 0) is 9.47 Å². The van der Waals surface area contributed by atoms with Crippen molar-refractivity contribution in [1.29, 1.82) is 0 Å². The van der Waals surface area contributed by atoms with E-state index in [1.54, 1.807) is 0 Å². The molecule has 138 valence electrons. The Balaban J connectivity index is 1.31. The molecule has 3 aliphatic heterocycles. The molecule has 25 heavy (non-hydrogen) atoms. The van der Waals surface area contributed by atoms with Gasteiger partial charge in [0.15, 0.2) is 0 Å². The Morgan fingerprint density at radius 2 is 1.92 bits per heavy atom. The van der Waals surface area contributed by atoms with E-state index in [1.165, 1.54) is 5.56 Å². The minimum atomic E-state index is 0.0728. The summed E-state index contributed by atoms with van der Waals surface area (Å²) in [7, 11) is 2.28. The molecule has 0 aliphatic carbocycles.